The number of carbonyl (C=O) groups is 1. The zero-order valence-corrected chi connectivity index (χ0v) is 13.8. The second-order valence-corrected chi connectivity index (χ2v) is 5.43. The first-order valence-corrected chi connectivity index (χ1v) is 7.60. The Kier molecular flexibility index (Phi) is 6.52. The monoisotopic (exact) mass is 351 g/mol. The number of benzene rings is 1. The van der Waals surface area contributed by atoms with Gasteiger partial charge in [0.25, 0.3) is 0 Å². The summed E-state index contributed by atoms with van der Waals surface area (Å²) in [6.07, 6.45) is 3.53. The topological polar surface area (TPSA) is 63.2 Å². The number of rotatable bonds is 5. The van der Waals surface area contributed by atoms with E-state index in [9.17, 15) is 9.18 Å². The Labute approximate surface area is 146 Å². The fourth-order valence-electron chi connectivity index (χ4n) is 2.46. The standard InChI is InChI=1S/C17H18FN3O2.ClH/c18-13-3-5-14(6-4-13)23-16-10-12(7-9-20-16)11-21-17(22)15-2-1-8-19-15;/h3-7,9-10,15,19H,1-2,8,11H2,(H,21,22);1H. The molecule has 2 aromatic rings. The molecule has 0 radical (unpaired) electrons. The van der Waals surface area contributed by atoms with Crippen LogP contribution in [0.4, 0.5) is 4.39 Å². The van der Waals surface area contributed by atoms with Gasteiger partial charge in [-0.15, -0.1) is 12.4 Å². The van der Waals surface area contributed by atoms with E-state index in [1.165, 1.54) is 24.3 Å². The number of hydrogen-bond acceptors (Lipinski definition) is 4. The number of carbonyl (C=O) groups excluding carboxylic acids is 1. The van der Waals surface area contributed by atoms with E-state index in [1.54, 1.807) is 12.3 Å². The number of hydrogen-bond donors (Lipinski definition) is 2. The Balaban J connectivity index is 0.00000208. The number of aromatic nitrogens is 1. The van der Waals surface area contributed by atoms with Gasteiger partial charge in [0.15, 0.2) is 0 Å². The molecule has 0 aliphatic carbocycles. The molecule has 0 spiro atoms. The fraction of sp³-hybridized carbons (Fsp3) is 0.294. The molecule has 1 aromatic carbocycles. The van der Waals surface area contributed by atoms with Gasteiger partial charge < -0.3 is 15.4 Å². The molecule has 2 N–H and O–H groups in total. The SMILES string of the molecule is Cl.O=C(NCc1ccnc(Oc2ccc(F)cc2)c1)C1CCCN1. The molecule has 2 heterocycles. The first-order chi connectivity index (χ1) is 11.2. The molecular weight excluding hydrogens is 333 g/mol. The van der Waals surface area contributed by atoms with Crippen LogP contribution < -0.4 is 15.4 Å². The van der Waals surface area contributed by atoms with Gasteiger partial charge >= 0.3 is 0 Å². The number of nitrogens with one attached hydrogen (secondary N) is 2. The predicted molar refractivity (Wildman–Crippen MR) is 90.8 cm³/mol. The maximum absolute atomic E-state index is 12.9. The highest BCUT2D eigenvalue weighted by Crippen LogP contribution is 2.20. The van der Waals surface area contributed by atoms with Crippen molar-refractivity contribution in [2.24, 2.45) is 0 Å². The van der Waals surface area contributed by atoms with Gasteiger partial charge in [0.05, 0.1) is 6.04 Å². The van der Waals surface area contributed by atoms with Crippen molar-refractivity contribution >= 4 is 18.3 Å². The summed E-state index contributed by atoms with van der Waals surface area (Å²) < 4.78 is 18.5. The zero-order valence-electron chi connectivity index (χ0n) is 13.0. The van der Waals surface area contributed by atoms with Crippen molar-refractivity contribution in [2.45, 2.75) is 25.4 Å². The highest BCUT2D eigenvalue weighted by molar-refractivity contribution is 5.85. The Bertz CT molecular complexity index is 676. The second-order valence-electron chi connectivity index (χ2n) is 5.43. The Hall–Kier alpha value is -2.18. The molecule has 24 heavy (non-hydrogen) atoms. The average molecular weight is 352 g/mol. The quantitative estimate of drug-likeness (QED) is 0.869. The van der Waals surface area contributed by atoms with Crippen molar-refractivity contribution in [3.63, 3.8) is 0 Å². The Morgan fingerprint density at radius 2 is 2.12 bits per heavy atom. The molecule has 3 rings (SSSR count). The molecule has 0 bridgehead atoms. The van der Waals surface area contributed by atoms with Crippen molar-refractivity contribution in [1.29, 1.82) is 0 Å². The number of amides is 1. The molecule has 7 heteroatoms. The third-order valence-corrected chi connectivity index (χ3v) is 3.68. The van der Waals surface area contributed by atoms with Crippen LogP contribution in [0.1, 0.15) is 18.4 Å². The summed E-state index contributed by atoms with van der Waals surface area (Å²) in [6, 6.07) is 9.22. The zero-order chi connectivity index (χ0) is 16.1. The van der Waals surface area contributed by atoms with E-state index in [-0.39, 0.29) is 30.2 Å². The Morgan fingerprint density at radius 3 is 2.83 bits per heavy atom. The maximum Gasteiger partial charge on any atom is 0.237 e. The van der Waals surface area contributed by atoms with Crippen LogP contribution in [0.5, 0.6) is 11.6 Å². The highest BCUT2D eigenvalue weighted by Gasteiger charge is 2.21. The molecule has 1 amide bonds. The van der Waals surface area contributed by atoms with Gasteiger partial charge in [-0.25, -0.2) is 9.37 Å². The number of halogens is 2. The molecule has 1 aliphatic rings. The average Bonchev–Trinajstić information content (AvgIpc) is 3.10. The van der Waals surface area contributed by atoms with Gasteiger partial charge in [-0.2, -0.15) is 0 Å². The molecular formula is C17H19ClFN3O2. The molecule has 128 valence electrons. The normalized spacial score (nSPS) is 16.3. The van der Waals surface area contributed by atoms with Crippen molar-refractivity contribution in [1.82, 2.24) is 15.6 Å². The predicted octanol–water partition coefficient (Wildman–Crippen LogP) is 2.80. The van der Waals surface area contributed by atoms with Crippen molar-refractivity contribution in [3.05, 3.63) is 54.0 Å². The summed E-state index contributed by atoms with van der Waals surface area (Å²) in [5, 5.41) is 6.07. The van der Waals surface area contributed by atoms with Crippen LogP contribution in [0.3, 0.4) is 0 Å². The van der Waals surface area contributed by atoms with Crippen LogP contribution in [-0.2, 0) is 11.3 Å². The molecule has 1 fully saturated rings. The van der Waals surface area contributed by atoms with E-state index in [1.807, 2.05) is 6.07 Å². The first kappa shape index (κ1) is 18.2. The van der Waals surface area contributed by atoms with Gasteiger partial charge in [0.1, 0.15) is 11.6 Å². The number of ether oxygens (including phenoxy) is 1. The fourth-order valence-corrected chi connectivity index (χ4v) is 2.46. The third-order valence-electron chi connectivity index (χ3n) is 3.68. The van der Waals surface area contributed by atoms with Crippen LogP contribution in [0.15, 0.2) is 42.6 Å². The molecule has 0 saturated carbocycles. The molecule has 1 saturated heterocycles. The molecule has 1 aromatic heterocycles. The lowest BCUT2D eigenvalue weighted by molar-refractivity contribution is -0.122. The van der Waals surface area contributed by atoms with E-state index in [4.69, 9.17) is 4.74 Å². The van der Waals surface area contributed by atoms with Crippen LogP contribution in [-0.4, -0.2) is 23.5 Å². The first-order valence-electron chi connectivity index (χ1n) is 7.60. The van der Waals surface area contributed by atoms with E-state index in [2.05, 4.69) is 15.6 Å². The third kappa shape index (κ3) is 4.91. The van der Waals surface area contributed by atoms with Crippen molar-refractivity contribution in [2.75, 3.05) is 6.54 Å². The van der Waals surface area contributed by atoms with Crippen LogP contribution in [0.25, 0.3) is 0 Å². The minimum atomic E-state index is -0.317. The lowest BCUT2D eigenvalue weighted by Crippen LogP contribution is -2.39. The Morgan fingerprint density at radius 1 is 1.33 bits per heavy atom. The van der Waals surface area contributed by atoms with Crippen molar-refractivity contribution < 1.29 is 13.9 Å². The molecule has 1 unspecified atom stereocenters. The van der Waals surface area contributed by atoms with Gasteiger partial charge in [-0.3, -0.25) is 4.79 Å². The van der Waals surface area contributed by atoms with E-state index in [0.29, 0.717) is 18.2 Å². The minimum Gasteiger partial charge on any atom is -0.439 e. The van der Waals surface area contributed by atoms with Gasteiger partial charge in [-0.1, -0.05) is 0 Å². The van der Waals surface area contributed by atoms with Gasteiger partial charge in [-0.05, 0) is 55.3 Å². The van der Waals surface area contributed by atoms with E-state index in [0.717, 1.165) is 24.9 Å². The van der Waals surface area contributed by atoms with E-state index < -0.39 is 0 Å². The summed E-state index contributed by atoms with van der Waals surface area (Å²) in [4.78, 5) is 16.1. The summed E-state index contributed by atoms with van der Waals surface area (Å²) in [5.74, 6) is 0.611. The van der Waals surface area contributed by atoms with Gasteiger partial charge in [0, 0.05) is 18.8 Å². The maximum atomic E-state index is 12.9. The molecule has 1 aliphatic heterocycles. The summed E-state index contributed by atoms with van der Waals surface area (Å²) in [5.41, 5.74) is 0.892. The number of nitrogens with zero attached hydrogens (tertiary/aromatic N) is 1. The summed E-state index contributed by atoms with van der Waals surface area (Å²) in [6.45, 7) is 1.31. The van der Waals surface area contributed by atoms with Crippen LogP contribution >= 0.6 is 12.4 Å². The smallest absolute Gasteiger partial charge is 0.237 e. The summed E-state index contributed by atoms with van der Waals surface area (Å²) >= 11 is 0. The lowest BCUT2D eigenvalue weighted by atomic mass is 10.2. The highest BCUT2D eigenvalue weighted by atomic mass is 35.5. The second kappa shape index (κ2) is 8.61. The van der Waals surface area contributed by atoms with Crippen LogP contribution in [0, 0.1) is 5.82 Å². The lowest BCUT2D eigenvalue weighted by Gasteiger charge is -2.11. The molecule has 1 atom stereocenters. The molecule has 5 nitrogen and oxygen atoms in total. The van der Waals surface area contributed by atoms with E-state index >= 15 is 0 Å². The van der Waals surface area contributed by atoms with Crippen molar-refractivity contribution in [3.8, 4) is 11.6 Å². The number of pyridine rings is 1. The van der Waals surface area contributed by atoms with Crippen LogP contribution in [0.2, 0.25) is 0 Å². The van der Waals surface area contributed by atoms with Gasteiger partial charge in [0.2, 0.25) is 11.8 Å². The summed E-state index contributed by atoms with van der Waals surface area (Å²) in [7, 11) is 0. The largest absolute Gasteiger partial charge is 0.439 e. The minimum absolute atomic E-state index is 0.